The molecular weight excluding hydrogens is 271 g/mol. The smallest absolute Gasteiger partial charge is 0.354 e. The van der Waals surface area contributed by atoms with E-state index in [0.29, 0.717) is 0 Å². The summed E-state index contributed by atoms with van der Waals surface area (Å²) < 4.78 is 21.4. The molecule has 0 amide bonds. The lowest BCUT2D eigenvalue weighted by Gasteiger charge is -2.20. The summed E-state index contributed by atoms with van der Waals surface area (Å²) in [6.45, 7) is -0.231. The fourth-order valence-electron chi connectivity index (χ4n) is 0.765. The molecule has 0 bridgehead atoms. The number of aliphatic hydroxyl groups is 1. The fraction of sp³-hybridized carbons (Fsp3) is 1.00. The highest BCUT2D eigenvalue weighted by atomic mass is 35.5. The number of hydrogen-bond donors (Lipinski definition) is 6. The van der Waals surface area contributed by atoms with Crippen molar-refractivity contribution < 1.29 is 33.8 Å². The Morgan fingerprint density at radius 2 is 1.53 bits per heavy atom. The topological polar surface area (TPSA) is 147 Å². The number of halogens is 1. The predicted molar refractivity (Wildman–Crippen MR) is 52.4 cm³/mol. The summed E-state index contributed by atoms with van der Waals surface area (Å²) >= 11 is 5.12. The van der Waals surface area contributed by atoms with Crippen LogP contribution in [-0.2, 0) is 9.13 Å². The number of alkyl halides is 1. The van der Waals surface area contributed by atoms with E-state index < -0.39 is 26.3 Å². The van der Waals surface area contributed by atoms with Gasteiger partial charge in [0.1, 0.15) is 5.56 Å². The number of aliphatic hydroxyl groups excluding tert-OH is 1. The lowest BCUT2D eigenvalue weighted by atomic mass is 10.4. The Kier molecular flexibility index (Phi) is 5.92. The Labute approximate surface area is 90.6 Å². The van der Waals surface area contributed by atoms with Gasteiger partial charge in [-0.3, -0.25) is 14.4 Å². The van der Waals surface area contributed by atoms with Crippen molar-refractivity contribution >= 4 is 26.8 Å². The standard InChI is InChI=1S/C4H12ClNO7P2/c5-3(7)1-2-6-4(14(8,9)10)15(11,12)13/h3-4,6-7H,1-2H2,(H2,8,9,10)(H2,11,12,13). The molecule has 0 saturated carbocycles. The zero-order valence-corrected chi connectivity index (χ0v) is 9.94. The van der Waals surface area contributed by atoms with Gasteiger partial charge in [-0.2, -0.15) is 0 Å². The van der Waals surface area contributed by atoms with Crippen LogP contribution in [0.4, 0.5) is 0 Å². The molecule has 6 N–H and O–H groups in total. The Bertz CT molecular complexity index is 263. The quantitative estimate of drug-likeness (QED) is 0.273. The molecule has 0 aliphatic rings. The van der Waals surface area contributed by atoms with E-state index in [1.54, 1.807) is 0 Å². The minimum atomic E-state index is -4.96. The molecule has 0 spiro atoms. The molecule has 8 nitrogen and oxygen atoms in total. The maximum absolute atomic E-state index is 10.7. The van der Waals surface area contributed by atoms with Gasteiger partial charge >= 0.3 is 15.2 Å². The lowest BCUT2D eigenvalue weighted by molar-refractivity contribution is 0.242. The normalized spacial score (nSPS) is 15.7. The molecule has 15 heavy (non-hydrogen) atoms. The summed E-state index contributed by atoms with van der Waals surface area (Å²) in [5, 5.41) is 10.6. The highest BCUT2D eigenvalue weighted by molar-refractivity contribution is 7.70. The molecule has 1 atom stereocenters. The number of rotatable bonds is 6. The van der Waals surface area contributed by atoms with Gasteiger partial charge in [0, 0.05) is 6.54 Å². The minimum Gasteiger partial charge on any atom is -0.378 e. The molecule has 92 valence electrons. The molecule has 0 heterocycles. The van der Waals surface area contributed by atoms with Crippen molar-refractivity contribution in [3.63, 3.8) is 0 Å². The number of hydrogen-bond acceptors (Lipinski definition) is 4. The first-order valence-corrected chi connectivity index (χ1v) is 7.51. The zero-order valence-electron chi connectivity index (χ0n) is 7.39. The van der Waals surface area contributed by atoms with Gasteiger partial charge in [0.25, 0.3) is 0 Å². The van der Waals surface area contributed by atoms with Gasteiger partial charge in [0.2, 0.25) is 5.52 Å². The van der Waals surface area contributed by atoms with E-state index in [9.17, 15) is 9.13 Å². The second kappa shape index (κ2) is 5.72. The first-order chi connectivity index (χ1) is 6.55. The zero-order chi connectivity index (χ0) is 12.3. The van der Waals surface area contributed by atoms with Crippen LogP contribution in [-0.4, -0.2) is 42.3 Å². The van der Waals surface area contributed by atoms with Crippen LogP contribution in [0, 0.1) is 0 Å². The number of nitrogens with one attached hydrogen (secondary N) is 1. The minimum absolute atomic E-state index is 0.0992. The van der Waals surface area contributed by atoms with E-state index in [1.807, 2.05) is 5.32 Å². The van der Waals surface area contributed by atoms with Crippen molar-refractivity contribution in [2.45, 2.75) is 17.5 Å². The average Bonchev–Trinajstić information content (AvgIpc) is 1.92. The van der Waals surface area contributed by atoms with E-state index in [2.05, 4.69) is 0 Å². The Balaban J connectivity index is 4.43. The molecule has 0 saturated heterocycles. The SMILES string of the molecule is O=P(O)(O)C(NCCC(O)Cl)P(=O)(O)O. The third-order valence-corrected chi connectivity index (χ3v) is 5.01. The monoisotopic (exact) mass is 283 g/mol. The van der Waals surface area contributed by atoms with Gasteiger partial charge < -0.3 is 24.7 Å². The third-order valence-electron chi connectivity index (χ3n) is 1.35. The second-order valence-corrected chi connectivity index (χ2v) is 7.03. The molecule has 1 unspecified atom stereocenters. The summed E-state index contributed by atoms with van der Waals surface area (Å²) in [6, 6.07) is 0. The van der Waals surface area contributed by atoms with Crippen molar-refractivity contribution in [1.29, 1.82) is 0 Å². The van der Waals surface area contributed by atoms with Crippen molar-refractivity contribution in [2.24, 2.45) is 0 Å². The van der Waals surface area contributed by atoms with Gasteiger partial charge in [-0.15, -0.1) is 0 Å². The van der Waals surface area contributed by atoms with Gasteiger partial charge in [0.05, 0.1) is 0 Å². The molecule has 0 aromatic carbocycles. The summed E-state index contributed by atoms with van der Waals surface area (Å²) in [4.78, 5) is 34.6. The summed E-state index contributed by atoms with van der Waals surface area (Å²) in [7, 11) is -9.91. The molecule has 11 heteroatoms. The first-order valence-electron chi connectivity index (χ1n) is 3.71. The van der Waals surface area contributed by atoms with Crippen LogP contribution in [0.15, 0.2) is 0 Å². The summed E-state index contributed by atoms with van der Waals surface area (Å²) in [5.41, 5.74) is -3.51. The van der Waals surface area contributed by atoms with Crippen LogP contribution in [0.2, 0.25) is 0 Å². The van der Waals surface area contributed by atoms with Gasteiger partial charge in [-0.05, 0) is 6.42 Å². The van der Waals surface area contributed by atoms with E-state index in [0.717, 1.165) is 0 Å². The van der Waals surface area contributed by atoms with Crippen molar-refractivity contribution in [2.75, 3.05) is 6.54 Å². The molecule has 0 aliphatic heterocycles. The maximum Gasteiger partial charge on any atom is 0.354 e. The molecule has 0 rings (SSSR count). The van der Waals surface area contributed by atoms with Crippen molar-refractivity contribution in [3.05, 3.63) is 0 Å². The largest absolute Gasteiger partial charge is 0.378 e. The van der Waals surface area contributed by atoms with Crippen LogP contribution in [0.25, 0.3) is 0 Å². The first kappa shape index (κ1) is 15.5. The second-order valence-electron chi connectivity index (χ2n) is 2.73. The lowest BCUT2D eigenvalue weighted by Crippen LogP contribution is -2.31. The van der Waals surface area contributed by atoms with Gasteiger partial charge in [0.15, 0.2) is 0 Å². The van der Waals surface area contributed by atoms with Crippen molar-refractivity contribution in [3.8, 4) is 0 Å². The van der Waals surface area contributed by atoms with Gasteiger partial charge in [-0.25, -0.2) is 0 Å². The van der Waals surface area contributed by atoms with Crippen LogP contribution >= 0.6 is 26.8 Å². The maximum atomic E-state index is 10.7. The van der Waals surface area contributed by atoms with Crippen LogP contribution in [0.3, 0.4) is 0 Å². The van der Waals surface area contributed by atoms with E-state index in [-0.39, 0.29) is 13.0 Å². The Hall–Kier alpha value is 0.510. The Morgan fingerprint density at radius 1 is 1.13 bits per heavy atom. The fourth-order valence-corrected chi connectivity index (χ4v) is 3.18. The van der Waals surface area contributed by atoms with Crippen LogP contribution < -0.4 is 5.32 Å². The van der Waals surface area contributed by atoms with Gasteiger partial charge in [-0.1, -0.05) is 11.6 Å². The van der Waals surface area contributed by atoms with E-state index in [1.165, 1.54) is 0 Å². The molecule has 0 fully saturated rings. The highest BCUT2D eigenvalue weighted by Gasteiger charge is 2.42. The molecular formula is C4H12ClNO7P2. The molecule has 0 aromatic rings. The molecule has 0 aromatic heterocycles. The van der Waals surface area contributed by atoms with E-state index >= 15 is 0 Å². The van der Waals surface area contributed by atoms with Crippen molar-refractivity contribution in [1.82, 2.24) is 5.32 Å². The molecule has 0 radical (unpaired) electrons. The summed E-state index contributed by atoms with van der Waals surface area (Å²) in [6.07, 6.45) is -0.0992. The van der Waals surface area contributed by atoms with Crippen LogP contribution in [0.1, 0.15) is 6.42 Å². The average molecular weight is 284 g/mol. The predicted octanol–water partition coefficient (Wildman–Crippen LogP) is -0.838. The summed E-state index contributed by atoms with van der Waals surface area (Å²) in [5.74, 6) is 0. The Morgan fingerprint density at radius 3 is 1.80 bits per heavy atom. The molecule has 0 aliphatic carbocycles. The van der Waals surface area contributed by atoms with Crippen LogP contribution in [0.5, 0.6) is 0 Å². The van der Waals surface area contributed by atoms with E-state index in [4.69, 9.17) is 36.3 Å². The highest BCUT2D eigenvalue weighted by Crippen LogP contribution is 2.58. The third kappa shape index (κ3) is 6.63.